The number of H-pyrrole nitrogens is 1. The van der Waals surface area contributed by atoms with Crippen LogP contribution < -0.4 is 0 Å². The summed E-state index contributed by atoms with van der Waals surface area (Å²) in [6.07, 6.45) is 1.59. The molecule has 0 aliphatic rings. The first-order valence-electron chi connectivity index (χ1n) is 5.06. The van der Waals surface area contributed by atoms with Crippen LogP contribution in [-0.4, -0.2) is 21.9 Å². The largest absolute Gasteiger partial charge is 0.396 e. The maximum absolute atomic E-state index is 9.04. The standard InChI is InChI=1S/C11H14N2OS/c1-2-10-9(3-5-14)11(13-12-10)8-4-6-15-7-8/h4,6-7,14H,2-3,5H2,1H3,(H,12,13). The molecule has 15 heavy (non-hydrogen) atoms. The number of hydrogen-bond donors (Lipinski definition) is 2. The average Bonchev–Trinajstić information content (AvgIpc) is 2.85. The highest BCUT2D eigenvalue weighted by Crippen LogP contribution is 2.26. The number of nitrogens with zero attached hydrogens (tertiary/aromatic N) is 1. The molecule has 0 saturated heterocycles. The van der Waals surface area contributed by atoms with Gasteiger partial charge in [-0.2, -0.15) is 16.4 Å². The summed E-state index contributed by atoms with van der Waals surface area (Å²) in [4.78, 5) is 0. The van der Waals surface area contributed by atoms with Crippen LogP contribution in [0.2, 0.25) is 0 Å². The molecule has 80 valence electrons. The number of thiophene rings is 1. The van der Waals surface area contributed by atoms with Crippen LogP contribution in [0.5, 0.6) is 0 Å². The number of rotatable bonds is 4. The van der Waals surface area contributed by atoms with Crippen molar-refractivity contribution in [3.8, 4) is 11.3 Å². The summed E-state index contributed by atoms with van der Waals surface area (Å²) < 4.78 is 0. The third-order valence-electron chi connectivity index (χ3n) is 2.46. The highest BCUT2D eigenvalue weighted by molar-refractivity contribution is 7.08. The van der Waals surface area contributed by atoms with Crippen LogP contribution in [0.15, 0.2) is 16.8 Å². The highest BCUT2D eigenvalue weighted by atomic mass is 32.1. The Morgan fingerprint density at radius 1 is 1.53 bits per heavy atom. The molecule has 4 heteroatoms. The molecule has 2 rings (SSSR count). The van der Waals surface area contributed by atoms with Crippen molar-refractivity contribution in [2.45, 2.75) is 19.8 Å². The van der Waals surface area contributed by atoms with Gasteiger partial charge in [-0.25, -0.2) is 0 Å². The van der Waals surface area contributed by atoms with E-state index in [0.717, 1.165) is 28.9 Å². The van der Waals surface area contributed by atoms with Gasteiger partial charge in [0.05, 0.1) is 5.69 Å². The van der Waals surface area contributed by atoms with E-state index in [2.05, 4.69) is 28.6 Å². The lowest BCUT2D eigenvalue weighted by molar-refractivity contribution is 0.299. The van der Waals surface area contributed by atoms with Crippen molar-refractivity contribution in [2.24, 2.45) is 0 Å². The number of aromatic nitrogens is 2. The zero-order valence-corrected chi connectivity index (χ0v) is 9.47. The molecule has 0 bridgehead atoms. The monoisotopic (exact) mass is 222 g/mol. The van der Waals surface area contributed by atoms with Crippen molar-refractivity contribution in [1.29, 1.82) is 0 Å². The first-order chi connectivity index (χ1) is 7.36. The van der Waals surface area contributed by atoms with Crippen LogP contribution in [0.25, 0.3) is 11.3 Å². The second kappa shape index (κ2) is 4.59. The van der Waals surface area contributed by atoms with E-state index >= 15 is 0 Å². The number of hydrogen-bond acceptors (Lipinski definition) is 3. The van der Waals surface area contributed by atoms with Crippen LogP contribution in [0.4, 0.5) is 0 Å². The molecule has 0 fully saturated rings. The highest BCUT2D eigenvalue weighted by Gasteiger charge is 2.13. The third-order valence-corrected chi connectivity index (χ3v) is 3.15. The number of nitrogens with one attached hydrogen (secondary N) is 1. The normalized spacial score (nSPS) is 10.8. The van der Waals surface area contributed by atoms with E-state index < -0.39 is 0 Å². The van der Waals surface area contributed by atoms with Gasteiger partial charge in [0, 0.05) is 28.8 Å². The summed E-state index contributed by atoms with van der Waals surface area (Å²) in [6, 6.07) is 2.06. The van der Waals surface area contributed by atoms with Gasteiger partial charge in [0.1, 0.15) is 0 Å². The van der Waals surface area contributed by atoms with Gasteiger partial charge < -0.3 is 5.11 Å². The fourth-order valence-corrected chi connectivity index (χ4v) is 2.35. The molecular weight excluding hydrogens is 208 g/mol. The molecule has 2 aromatic rings. The van der Waals surface area contributed by atoms with E-state index in [4.69, 9.17) is 5.11 Å². The summed E-state index contributed by atoms with van der Waals surface area (Å²) in [5.74, 6) is 0. The molecule has 2 aromatic heterocycles. The molecule has 2 N–H and O–H groups in total. The van der Waals surface area contributed by atoms with Crippen molar-refractivity contribution in [2.75, 3.05) is 6.61 Å². The summed E-state index contributed by atoms with van der Waals surface area (Å²) in [7, 11) is 0. The lowest BCUT2D eigenvalue weighted by Gasteiger charge is -2.00. The molecule has 0 unspecified atom stereocenters. The molecule has 3 nitrogen and oxygen atoms in total. The Hall–Kier alpha value is -1.13. The lowest BCUT2D eigenvalue weighted by Crippen LogP contribution is -1.95. The van der Waals surface area contributed by atoms with Crippen LogP contribution in [0, 0.1) is 0 Å². The smallest absolute Gasteiger partial charge is 0.0964 e. The molecule has 0 aliphatic heterocycles. The van der Waals surface area contributed by atoms with E-state index in [1.165, 1.54) is 0 Å². The van der Waals surface area contributed by atoms with Gasteiger partial charge in [0.2, 0.25) is 0 Å². The minimum Gasteiger partial charge on any atom is -0.396 e. The maximum Gasteiger partial charge on any atom is 0.0964 e. The molecule has 0 atom stereocenters. The van der Waals surface area contributed by atoms with Gasteiger partial charge in [0.25, 0.3) is 0 Å². The van der Waals surface area contributed by atoms with Crippen LogP contribution in [0.3, 0.4) is 0 Å². The van der Waals surface area contributed by atoms with E-state index in [1.54, 1.807) is 11.3 Å². The van der Waals surface area contributed by atoms with E-state index in [1.807, 2.05) is 5.38 Å². The first-order valence-corrected chi connectivity index (χ1v) is 6.00. The number of aliphatic hydroxyl groups is 1. The Balaban J connectivity index is 2.43. The van der Waals surface area contributed by atoms with Crippen molar-refractivity contribution < 1.29 is 5.11 Å². The predicted molar refractivity (Wildman–Crippen MR) is 62.1 cm³/mol. The van der Waals surface area contributed by atoms with Gasteiger partial charge in [-0.15, -0.1) is 0 Å². The Morgan fingerprint density at radius 2 is 2.40 bits per heavy atom. The van der Waals surface area contributed by atoms with Gasteiger partial charge >= 0.3 is 0 Å². The molecule has 0 amide bonds. The Labute approximate surface area is 92.8 Å². The zero-order chi connectivity index (χ0) is 10.7. The SMILES string of the molecule is CCc1[nH]nc(-c2ccsc2)c1CCO. The number of aromatic amines is 1. The average molecular weight is 222 g/mol. The van der Waals surface area contributed by atoms with E-state index in [0.29, 0.717) is 6.42 Å². The quantitative estimate of drug-likeness (QED) is 0.833. The van der Waals surface area contributed by atoms with Crippen molar-refractivity contribution in [1.82, 2.24) is 10.2 Å². The van der Waals surface area contributed by atoms with Crippen molar-refractivity contribution in [3.05, 3.63) is 28.1 Å². The minimum atomic E-state index is 0.170. The molecule has 0 aromatic carbocycles. The number of aliphatic hydroxyl groups excluding tert-OH is 1. The summed E-state index contributed by atoms with van der Waals surface area (Å²) in [5, 5.41) is 20.5. The van der Waals surface area contributed by atoms with E-state index in [-0.39, 0.29) is 6.61 Å². The fourth-order valence-electron chi connectivity index (χ4n) is 1.71. The molecular formula is C11H14N2OS. The first kappa shape index (κ1) is 10.4. The van der Waals surface area contributed by atoms with Gasteiger partial charge in [-0.05, 0) is 24.3 Å². The van der Waals surface area contributed by atoms with Gasteiger partial charge in [0.15, 0.2) is 0 Å². The second-order valence-electron chi connectivity index (χ2n) is 3.37. The van der Waals surface area contributed by atoms with Crippen LogP contribution in [-0.2, 0) is 12.8 Å². The molecule has 0 aliphatic carbocycles. The third kappa shape index (κ3) is 1.96. The van der Waals surface area contributed by atoms with Crippen molar-refractivity contribution >= 4 is 11.3 Å². The molecule has 2 heterocycles. The lowest BCUT2D eigenvalue weighted by atomic mass is 10.0. The topological polar surface area (TPSA) is 48.9 Å². The van der Waals surface area contributed by atoms with Crippen molar-refractivity contribution in [3.63, 3.8) is 0 Å². The summed E-state index contributed by atoms with van der Waals surface area (Å²) >= 11 is 1.66. The molecule has 0 spiro atoms. The van der Waals surface area contributed by atoms with Crippen LogP contribution in [0.1, 0.15) is 18.2 Å². The zero-order valence-electron chi connectivity index (χ0n) is 8.66. The molecule has 0 radical (unpaired) electrons. The minimum absolute atomic E-state index is 0.170. The van der Waals surface area contributed by atoms with Gasteiger partial charge in [-0.1, -0.05) is 6.92 Å². The maximum atomic E-state index is 9.04. The summed E-state index contributed by atoms with van der Waals surface area (Å²) in [5.41, 5.74) is 4.41. The Kier molecular flexibility index (Phi) is 3.18. The second-order valence-corrected chi connectivity index (χ2v) is 4.15. The Bertz CT molecular complexity index is 420. The fraction of sp³-hybridized carbons (Fsp3) is 0.364. The van der Waals surface area contributed by atoms with Crippen LogP contribution >= 0.6 is 11.3 Å². The predicted octanol–water partition coefficient (Wildman–Crippen LogP) is 2.24. The summed E-state index contributed by atoms with van der Waals surface area (Å²) in [6.45, 7) is 2.26. The van der Waals surface area contributed by atoms with Gasteiger partial charge in [-0.3, -0.25) is 5.10 Å². The van der Waals surface area contributed by atoms with E-state index in [9.17, 15) is 0 Å². The Morgan fingerprint density at radius 3 is 3.00 bits per heavy atom. The molecule has 0 saturated carbocycles. The number of aryl methyl sites for hydroxylation is 1.